The van der Waals surface area contributed by atoms with Gasteiger partial charge < -0.3 is 25.0 Å². The zero-order valence-electron chi connectivity index (χ0n) is 17.1. The van der Waals surface area contributed by atoms with Crippen molar-refractivity contribution in [3.05, 3.63) is 29.8 Å². The van der Waals surface area contributed by atoms with Crippen LogP contribution in [0.4, 0.5) is 0 Å². The Morgan fingerprint density at radius 3 is 2.34 bits per heavy atom. The Morgan fingerprint density at radius 2 is 1.69 bits per heavy atom. The Bertz CT molecular complexity index is 677. The normalized spacial score (nSPS) is 19.1. The number of carbonyl (C=O) groups excluding carboxylic acids is 2. The van der Waals surface area contributed by atoms with Gasteiger partial charge in [-0.25, -0.2) is 0 Å². The number of nitrogens with two attached hydrogens (primary N) is 1. The van der Waals surface area contributed by atoms with Crippen LogP contribution in [0.5, 0.6) is 5.75 Å². The molecule has 0 aromatic heterocycles. The number of ether oxygens (including phenoxy) is 2. The largest absolute Gasteiger partial charge is 0.497 e. The number of benzene rings is 1. The van der Waals surface area contributed by atoms with Crippen LogP contribution in [0.1, 0.15) is 31.2 Å². The van der Waals surface area contributed by atoms with Crippen molar-refractivity contribution in [2.75, 3.05) is 46.5 Å². The van der Waals surface area contributed by atoms with E-state index in [2.05, 4.69) is 0 Å². The number of hydrogen-bond acceptors (Lipinski definition) is 5. The third-order valence-electron chi connectivity index (χ3n) is 5.73. The number of nitrogens with zero attached hydrogens (tertiary/aromatic N) is 2. The van der Waals surface area contributed by atoms with E-state index < -0.39 is 5.54 Å². The van der Waals surface area contributed by atoms with Crippen LogP contribution < -0.4 is 10.5 Å². The molecule has 0 aliphatic carbocycles. The number of aryl methyl sites for hydroxylation is 1. The van der Waals surface area contributed by atoms with Crippen molar-refractivity contribution in [3.8, 4) is 5.75 Å². The summed E-state index contributed by atoms with van der Waals surface area (Å²) in [5.41, 5.74) is 6.65. The molecule has 0 unspecified atom stereocenters. The van der Waals surface area contributed by atoms with Gasteiger partial charge in [-0.15, -0.1) is 12.4 Å². The smallest absolute Gasteiger partial charge is 0.242 e. The molecule has 2 amide bonds. The molecule has 1 aromatic carbocycles. The SMILES string of the molecule is COc1ccc(CCC(=O)N2CCCN(C(=O)C3(N)CCOCC3)CC2)cc1.Cl. The molecule has 0 saturated carbocycles. The van der Waals surface area contributed by atoms with Gasteiger partial charge in [0.2, 0.25) is 11.8 Å². The third-order valence-corrected chi connectivity index (χ3v) is 5.73. The second kappa shape index (κ2) is 10.8. The molecule has 0 bridgehead atoms. The van der Waals surface area contributed by atoms with E-state index in [0.717, 1.165) is 17.7 Å². The molecule has 29 heavy (non-hydrogen) atoms. The summed E-state index contributed by atoms with van der Waals surface area (Å²) >= 11 is 0. The van der Waals surface area contributed by atoms with E-state index in [4.69, 9.17) is 15.2 Å². The van der Waals surface area contributed by atoms with E-state index in [-0.39, 0.29) is 24.2 Å². The van der Waals surface area contributed by atoms with Crippen LogP contribution in [0.15, 0.2) is 24.3 Å². The van der Waals surface area contributed by atoms with Crippen molar-refractivity contribution < 1.29 is 19.1 Å². The number of halogens is 1. The lowest BCUT2D eigenvalue weighted by molar-refractivity contribution is -0.141. The minimum Gasteiger partial charge on any atom is -0.497 e. The Kier molecular flexibility index (Phi) is 8.74. The van der Waals surface area contributed by atoms with Crippen molar-refractivity contribution in [3.63, 3.8) is 0 Å². The Morgan fingerprint density at radius 1 is 1.07 bits per heavy atom. The minimum absolute atomic E-state index is 0. The zero-order valence-corrected chi connectivity index (χ0v) is 17.9. The fourth-order valence-corrected chi connectivity index (χ4v) is 3.84. The van der Waals surface area contributed by atoms with Gasteiger partial charge in [0.25, 0.3) is 0 Å². The molecule has 2 N–H and O–H groups in total. The van der Waals surface area contributed by atoms with Crippen LogP contribution in [0.3, 0.4) is 0 Å². The maximum absolute atomic E-state index is 12.9. The first kappa shape index (κ1) is 23.4. The predicted octanol–water partition coefficient (Wildman–Crippen LogP) is 1.62. The average molecular weight is 426 g/mol. The molecular weight excluding hydrogens is 394 g/mol. The number of carbonyl (C=O) groups is 2. The van der Waals surface area contributed by atoms with Crippen LogP contribution in [-0.4, -0.2) is 73.7 Å². The summed E-state index contributed by atoms with van der Waals surface area (Å²) in [6.07, 6.45) is 3.08. The van der Waals surface area contributed by atoms with E-state index in [0.29, 0.717) is 65.1 Å². The first-order valence-electron chi connectivity index (χ1n) is 10.1. The highest BCUT2D eigenvalue weighted by Gasteiger charge is 2.39. The van der Waals surface area contributed by atoms with Gasteiger partial charge in [-0.2, -0.15) is 0 Å². The van der Waals surface area contributed by atoms with Gasteiger partial charge in [-0.3, -0.25) is 9.59 Å². The second-order valence-electron chi connectivity index (χ2n) is 7.64. The second-order valence-corrected chi connectivity index (χ2v) is 7.64. The fourth-order valence-electron chi connectivity index (χ4n) is 3.84. The molecule has 2 aliphatic heterocycles. The summed E-state index contributed by atoms with van der Waals surface area (Å²) in [5.74, 6) is 0.955. The number of amides is 2. The van der Waals surface area contributed by atoms with Gasteiger partial charge in [-0.05, 0) is 43.4 Å². The van der Waals surface area contributed by atoms with Gasteiger partial charge >= 0.3 is 0 Å². The zero-order chi connectivity index (χ0) is 20.0. The van der Waals surface area contributed by atoms with E-state index in [1.807, 2.05) is 34.1 Å². The molecule has 1 aromatic rings. The molecule has 2 fully saturated rings. The van der Waals surface area contributed by atoms with Crippen molar-refractivity contribution in [1.29, 1.82) is 0 Å². The maximum Gasteiger partial charge on any atom is 0.242 e. The summed E-state index contributed by atoms with van der Waals surface area (Å²) in [6.45, 7) is 3.53. The van der Waals surface area contributed by atoms with Crippen LogP contribution in [0.25, 0.3) is 0 Å². The Balaban J connectivity index is 0.00000300. The van der Waals surface area contributed by atoms with Crippen molar-refractivity contribution in [2.45, 2.75) is 37.6 Å². The first-order valence-corrected chi connectivity index (χ1v) is 10.1. The number of rotatable bonds is 5. The Hall–Kier alpha value is -1.83. The molecule has 7 nitrogen and oxygen atoms in total. The molecule has 2 aliphatic rings. The third kappa shape index (κ3) is 6.07. The predicted molar refractivity (Wildman–Crippen MR) is 113 cm³/mol. The van der Waals surface area contributed by atoms with E-state index in [1.54, 1.807) is 7.11 Å². The Labute approximate surface area is 178 Å². The van der Waals surface area contributed by atoms with Gasteiger partial charge in [-0.1, -0.05) is 12.1 Å². The molecule has 8 heteroatoms. The maximum atomic E-state index is 12.9. The number of hydrogen-bond donors (Lipinski definition) is 1. The van der Waals surface area contributed by atoms with E-state index in [1.165, 1.54) is 0 Å². The summed E-state index contributed by atoms with van der Waals surface area (Å²) in [6, 6.07) is 7.80. The van der Waals surface area contributed by atoms with Gasteiger partial charge in [0.15, 0.2) is 0 Å². The summed E-state index contributed by atoms with van der Waals surface area (Å²) in [4.78, 5) is 29.3. The van der Waals surface area contributed by atoms with E-state index >= 15 is 0 Å². The summed E-state index contributed by atoms with van der Waals surface area (Å²) in [7, 11) is 1.64. The quantitative estimate of drug-likeness (QED) is 0.774. The lowest BCUT2D eigenvalue weighted by atomic mass is 9.89. The highest BCUT2D eigenvalue weighted by molar-refractivity contribution is 5.86. The van der Waals surface area contributed by atoms with Crippen LogP contribution in [0, 0.1) is 0 Å². The highest BCUT2D eigenvalue weighted by Crippen LogP contribution is 2.21. The molecule has 162 valence electrons. The summed E-state index contributed by atoms with van der Waals surface area (Å²) in [5, 5.41) is 0. The standard InChI is InChI=1S/C21H31N3O4.ClH/c1-27-18-6-3-17(4-7-18)5-8-19(25)23-11-2-12-24(14-13-23)20(26)21(22)9-15-28-16-10-21;/h3-4,6-7H,2,5,8-16,22H2,1H3;1H. The van der Waals surface area contributed by atoms with Crippen LogP contribution in [-0.2, 0) is 20.7 Å². The van der Waals surface area contributed by atoms with E-state index in [9.17, 15) is 9.59 Å². The van der Waals surface area contributed by atoms with Crippen LogP contribution in [0.2, 0.25) is 0 Å². The van der Waals surface area contributed by atoms with Gasteiger partial charge in [0.1, 0.15) is 5.75 Å². The van der Waals surface area contributed by atoms with Gasteiger partial charge in [0, 0.05) is 45.8 Å². The first-order chi connectivity index (χ1) is 13.5. The molecular formula is C21H32ClN3O4. The monoisotopic (exact) mass is 425 g/mol. The van der Waals surface area contributed by atoms with Crippen LogP contribution >= 0.6 is 12.4 Å². The van der Waals surface area contributed by atoms with Crippen molar-refractivity contribution in [1.82, 2.24) is 9.80 Å². The fraction of sp³-hybridized carbons (Fsp3) is 0.619. The average Bonchev–Trinajstić information content (AvgIpc) is 2.98. The number of methoxy groups -OCH3 is 1. The van der Waals surface area contributed by atoms with Gasteiger partial charge in [0.05, 0.1) is 12.6 Å². The van der Waals surface area contributed by atoms with Crippen molar-refractivity contribution in [2.24, 2.45) is 5.73 Å². The molecule has 0 radical (unpaired) electrons. The lowest BCUT2D eigenvalue weighted by Gasteiger charge is -2.36. The summed E-state index contributed by atoms with van der Waals surface area (Å²) < 4.78 is 10.5. The van der Waals surface area contributed by atoms with Crippen molar-refractivity contribution >= 4 is 24.2 Å². The topological polar surface area (TPSA) is 85.1 Å². The molecule has 0 spiro atoms. The molecule has 0 atom stereocenters. The highest BCUT2D eigenvalue weighted by atomic mass is 35.5. The molecule has 2 saturated heterocycles. The molecule has 3 rings (SSSR count). The molecule has 2 heterocycles. The lowest BCUT2D eigenvalue weighted by Crippen LogP contribution is -2.58. The minimum atomic E-state index is -0.814.